The Kier molecular flexibility index (Phi) is 6.69. The lowest BCUT2D eigenvalue weighted by molar-refractivity contribution is -0.316. The van der Waals surface area contributed by atoms with Crippen molar-refractivity contribution in [1.29, 1.82) is 0 Å². The van der Waals surface area contributed by atoms with Crippen molar-refractivity contribution in [3.8, 4) is 0 Å². The molecular formula is C27H44O7. The minimum Gasteiger partial charge on any atom is -0.394 e. The Morgan fingerprint density at radius 3 is 2.32 bits per heavy atom. The van der Waals surface area contributed by atoms with Crippen molar-refractivity contribution >= 4 is 5.78 Å². The third-order valence-electron chi connectivity index (χ3n) is 11.3. The maximum absolute atomic E-state index is 12.4. The van der Waals surface area contributed by atoms with Crippen LogP contribution in [0.1, 0.15) is 78.6 Å². The largest absolute Gasteiger partial charge is 0.394 e. The molecule has 1 heterocycles. The Balaban J connectivity index is 1.26. The van der Waals surface area contributed by atoms with Gasteiger partial charge in [-0.25, -0.2) is 0 Å². The first-order valence-electron chi connectivity index (χ1n) is 13.6. The van der Waals surface area contributed by atoms with Crippen molar-refractivity contribution in [1.82, 2.24) is 0 Å². The predicted octanol–water partition coefficient (Wildman–Crippen LogP) is 2.42. The van der Waals surface area contributed by atoms with Crippen molar-refractivity contribution < 1.29 is 34.7 Å². The highest BCUT2D eigenvalue weighted by Gasteiger charge is 2.61. The summed E-state index contributed by atoms with van der Waals surface area (Å²) in [6.45, 7) is 6.23. The fourth-order valence-electron chi connectivity index (χ4n) is 9.38. The van der Waals surface area contributed by atoms with Gasteiger partial charge in [-0.1, -0.05) is 13.8 Å². The van der Waals surface area contributed by atoms with E-state index in [9.17, 15) is 25.2 Å². The normalized spacial score (nSPS) is 55.2. The van der Waals surface area contributed by atoms with Crippen LogP contribution in [0.2, 0.25) is 0 Å². The molecule has 13 atom stereocenters. The summed E-state index contributed by atoms with van der Waals surface area (Å²) in [6.07, 6.45) is 3.74. The number of rotatable bonds is 4. The van der Waals surface area contributed by atoms with Crippen LogP contribution in [0.3, 0.4) is 0 Å². The SMILES string of the molecule is CC(=O)[C@H]1CC[C@H]2[C@@H]3CC[C@H]4C[C@@H](O[C@H]5O[C@H](CO)[C@@H](O)[C@H](O)[C@H]5O)CC[C@]4(C)[C@H]3CC[C@]12C. The monoisotopic (exact) mass is 480 g/mol. The molecule has 4 saturated carbocycles. The maximum Gasteiger partial charge on any atom is 0.186 e. The highest BCUT2D eigenvalue weighted by Crippen LogP contribution is 2.67. The molecule has 7 heteroatoms. The van der Waals surface area contributed by atoms with E-state index in [1.54, 1.807) is 6.92 Å². The van der Waals surface area contributed by atoms with Crippen LogP contribution in [0.15, 0.2) is 0 Å². The second-order valence-electron chi connectivity index (χ2n) is 12.7. The molecule has 5 rings (SSSR count). The van der Waals surface area contributed by atoms with Crippen molar-refractivity contribution in [3.05, 3.63) is 0 Å². The number of aliphatic hydroxyl groups excluding tert-OH is 4. The number of ether oxygens (including phenoxy) is 2. The van der Waals surface area contributed by atoms with Crippen LogP contribution in [0.5, 0.6) is 0 Å². The second kappa shape index (κ2) is 9.07. The summed E-state index contributed by atoms with van der Waals surface area (Å²) in [6, 6.07) is 0. The molecule has 1 saturated heterocycles. The number of carbonyl (C=O) groups is 1. The van der Waals surface area contributed by atoms with Crippen LogP contribution < -0.4 is 0 Å². The number of hydrogen-bond acceptors (Lipinski definition) is 7. The van der Waals surface area contributed by atoms with Crippen molar-refractivity contribution in [2.24, 2.45) is 40.4 Å². The molecule has 0 spiro atoms. The third-order valence-corrected chi connectivity index (χ3v) is 11.3. The molecule has 0 amide bonds. The zero-order chi connectivity index (χ0) is 24.4. The Hall–Kier alpha value is -0.570. The third kappa shape index (κ3) is 3.81. The van der Waals surface area contributed by atoms with Crippen molar-refractivity contribution in [3.63, 3.8) is 0 Å². The van der Waals surface area contributed by atoms with E-state index >= 15 is 0 Å². The van der Waals surface area contributed by atoms with Gasteiger partial charge in [0.15, 0.2) is 6.29 Å². The van der Waals surface area contributed by atoms with E-state index in [1.165, 1.54) is 25.7 Å². The first-order chi connectivity index (χ1) is 16.1. The van der Waals surface area contributed by atoms with Gasteiger partial charge in [-0.05, 0) is 99.2 Å². The molecule has 0 radical (unpaired) electrons. The first-order valence-corrected chi connectivity index (χ1v) is 13.6. The summed E-state index contributed by atoms with van der Waals surface area (Å²) in [7, 11) is 0. The molecule has 0 aromatic heterocycles. The minimum absolute atomic E-state index is 0.0708. The topological polar surface area (TPSA) is 116 Å². The fraction of sp³-hybridized carbons (Fsp3) is 0.963. The summed E-state index contributed by atoms with van der Waals surface area (Å²) in [4.78, 5) is 12.4. The van der Waals surface area contributed by atoms with Crippen LogP contribution in [0.25, 0.3) is 0 Å². The molecular weight excluding hydrogens is 436 g/mol. The number of carbonyl (C=O) groups excluding carboxylic acids is 1. The Morgan fingerprint density at radius 2 is 1.62 bits per heavy atom. The average molecular weight is 481 g/mol. The highest BCUT2D eigenvalue weighted by atomic mass is 16.7. The second-order valence-corrected chi connectivity index (χ2v) is 12.7. The van der Waals surface area contributed by atoms with E-state index in [4.69, 9.17) is 9.47 Å². The Labute approximate surface area is 203 Å². The van der Waals surface area contributed by atoms with Crippen molar-refractivity contribution in [2.75, 3.05) is 6.61 Å². The summed E-state index contributed by atoms with van der Waals surface area (Å²) in [5.74, 6) is 3.25. The number of aliphatic hydroxyl groups is 4. The van der Waals surface area contributed by atoms with Gasteiger partial charge < -0.3 is 29.9 Å². The van der Waals surface area contributed by atoms with Crippen molar-refractivity contribution in [2.45, 2.75) is 115 Å². The molecule has 7 nitrogen and oxygen atoms in total. The van der Waals surface area contributed by atoms with Gasteiger partial charge in [-0.15, -0.1) is 0 Å². The average Bonchev–Trinajstić information content (AvgIpc) is 3.17. The van der Waals surface area contributed by atoms with Gasteiger partial charge in [0, 0.05) is 5.92 Å². The van der Waals surface area contributed by atoms with Gasteiger partial charge in [-0.2, -0.15) is 0 Å². The fourth-order valence-corrected chi connectivity index (χ4v) is 9.38. The molecule has 0 aromatic rings. The summed E-state index contributed by atoms with van der Waals surface area (Å²) < 4.78 is 11.8. The molecule has 1 aliphatic heterocycles. The van der Waals surface area contributed by atoms with E-state index < -0.39 is 37.3 Å². The standard InChI is InChI=1S/C27H44O7/c1-14(29)18-6-7-19-17-5-4-15-12-16(8-10-26(15,2)20(17)9-11-27(18,19)3)33-25-24(32)23(31)22(30)21(13-28)34-25/h15-25,28,30-32H,4-13H2,1-3H3/t15-,16-,17-,18+,19-,20-,21+,22+,23-,24+,25-,26-,27+/m0/s1. The molecule has 0 unspecified atom stereocenters. The van der Waals surface area contributed by atoms with E-state index in [0.717, 1.165) is 32.1 Å². The molecule has 5 aliphatic rings. The number of Topliss-reactive ketones (excluding diaryl/α,β-unsaturated/α-hetero) is 1. The number of fused-ring (bicyclic) bond motifs is 5. The van der Waals surface area contributed by atoms with Gasteiger partial charge in [0.05, 0.1) is 12.7 Å². The molecule has 0 bridgehead atoms. The summed E-state index contributed by atoms with van der Waals surface area (Å²) in [5, 5.41) is 40.0. The van der Waals surface area contributed by atoms with Gasteiger partial charge in [0.2, 0.25) is 0 Å². The molecule has 0 aromatic carbocycles. The van der Waals surface area contributed by atoms with Crippen LogP contribution in [0, 0.1) is 40.4 Å². The van der Waals surface area contributed by atoms with Crippen LogP contribution in [-0.2, 0) is 14.3 Å². The first kappa shape index (κ1) is 25.1. The molecule has 4 aliphatic carbocycles. The molecule has 5 fully saturated rings. The van der Waals surface area contributed by atoms with Crippen LogP contribution in [-0.4, -0.2) is 69.6 Å². The zero-order valence-corrected chi connectivity index (χ0v) is 20.9. The van der Waals surface area contributed by atoms with E-state index in [1.807, 2.05) is 0 Å². The molecule has 194 valence electrons. The van der Waals surface area contributed by atoms with E-state index in [0.29, 0.717) is 29.5 Å². The zero-order valence-electron chi connectivity index (χ0n) is 20.9. The molecule has 34 heavy (non-hydrogen) atoms. The number of ketones is 1. The summed E-state index contributed by atoms with van der Waals surface area (Å²) in [5.41, 5.74) is 0.452. The Morgan fingerprint density at radius 1 is 0.912 bits per heavy atom. The maximum atomic E-state index is 12.4. The van der Waals surface area contributed by atoms with Gasteiger partial charge >= 0.3 is 0 Å². The predicted molar refractivity (Wildman–Crippen MR) is 125 cm³/mol. The van der Waals surface area contributed by atoms with E-state index in [2.05, 4.69) is 13.8 Å². The van der Waals surface area contributed by atoms with Crippen LogP contribution >= 0.6 is 0 Å². The lowest BCUT2D eigenvalue weighted by Gasteiger charge is -2.61. The van der Waals surface area contributed by atoms with Crippen LogP contribution in [0.4, 0.5) is 0 Å². The van der Waals surface area contributed by atoms with Gasteiger partial charge in [-0.3, -0.25) is 4.79 Å². The van der Waals surface area contributed by atoms with Gasteiger partial charge in [0.1, 0.15) is 30.2 Å². The lowest BCUT2D eigenvalue weighted by Crippen LogP contribution is -2.60. The lowest BCUT2D eigenvalue weighted by atomic mass is 9.44. The highest BCUT2D eigenvalue weighted by molar-refractivity contribution is 5.79. The van der Waals surface area contributed by atoms with E-state index in [-0.39, 0.29) is 22.9 Å². The minimum atomic E-state index is -1.40. The molecule has 4 N–H and O–H groups in total. The smallest absolute Gasteiger partial charge is 0.186 e. The summed E-state index contributed by atoms with van der Waals surface area (Å²) >= 11 is 0. The van der Waals surface area contributed by atoms with Gasteiger partial charge in [0.25, 0.3) is 0 Å². The number of hydrogen-bond donors (Lipinski definition) is 4. The Bertz CT molecular complexity index is 772. The quantitative estimate of drug-likeness (QED) is 0.457.